The lowest BCUT2D eigenvalue weighted by atomic mass is 10.2. The molecule has 0 fully saturated rings. The molecule has 0 amide bonds. The highest BCUT2D eigenvalue weighted by molar-refractivity contribution is 6.31. The highest BCUT2D eigenvalue weighted by Crippen LogP contribution is 2.14. The molecular weight excluding hydrogens is 264 g/mol. The van der Waals surface area contributed by atoms with Crippen LogP contribution in [0.25, 0.3) is 0 Å². The Hall–Kier alpha value is -1.43. The minimum Gasteiger partial charge on any atom is -0.383 e. The molecule has 0 saturated heterocycles. The van der Waals surface area contributed by atoms with E-state index in [1.807, 2.05) is 23.2 Å². The molecule has 19 heavy (non-hydrogen) atoms. The van der Waals surface area contributed by atoms with Crippen molar-refractivity contribution in [1.82, 2.24) is 19.9 Å². The van der Waals surface area contributed by atoms with E-state index in [1.165, 1.54) is 0 Å². The molecule has 0 aromatic carbocycles. The van der Waals surface area contributed by atoms with Crippen LogP contribution < -0.4 is 5.32 Å². The first-order chi connectivity index (χ1) is 9.29. The Kier molecular flexibility index (Phi) is 5.32. The lowest BCUT2D eigenvalue weighted by molar-refractivity contribution is 0.199. The Balaban J connectivity index is 1.89. The molecule has 102 valence electrons. The van der Waals surface area contributed by atoms with E-state index in [0.717, 1.165) is 24.3 Å². The Morgan fingerprint density at radius 3 is 3.16 bits per heavy atom. The number of methoxy groups -OCH3 is 1. The molecule has 2 aromatic rings. The van der Waals surface area contributed by atoms with Crippen molar-refractivity contribution in [2.45, 2.75) is 13.1 Å². The van der Waals surface area contributed by atoms with Crippen LogP contribution in [0.1, 0.15) is 11.3 Å². The Morgan fingerprint density at radius 1 is 1.47 bits per heavy atom. The summed E-state index contributed by atoms with van der Waals surface area (Å²) in [7, 11) is 1.69. The summed E-state index contributed by atoms with van der Waals surface area (Å²) in [5.74, 6) is 0. The third-order valence-corrected chi connectivity index (χ3v) is 3.03. The SMILES string of the molecule is COCCNCc1cn(Cc2ccncc2Cl)cn1. The first-order valence-electron chi connectivity index (χ1n) is 6.08. The molecule has 1 N–H and O–H groups in total. The van der Waals surface area contributed by atoms with Gasteiger partial charge in [-0.1, -0.05) is 11.6 Å². The molecule has 0 aliphatic rings. The van der Waals surface area contributed by atoms with Crippen LogP contribution in [0.3, 0.4) is 0 Å². The summed E-state index contributed by atoms with van der Waals surface area (Å²) in [6.45, 7) is 2.96. The summed E-state index contributed by atoms with van der Waals surface area (Å²) in [4.78, 5) is 8.31. The van der Waals surface area contributed by atoms with Gasteiger partial charge in [0, 0.05) is 38.8 Å². The fraction of sp³-hybridized carbons (Fsp3) is 0.385. The maximum Gasteiger partial charge on any atom is 0.0953 e. The van der Waals surface area contributed by atoms with Crippen LogP contribution >= 0.6 is 11.6 Å². The van der Waals surface area contributed by atoms with E-state index in [9.17, 15) is 0 Å². The quantitative estimate of drug-likeness (QED) is 0.785. The molecule has 2 heterocycles. The van der Waals surface area contributed by atoms with E-state index >= 15 is 0 Å². The standard InChI is InChI=1S/C13H17ClN4O/c1-19-5-4-16-6-12-9-18(10-17-12)8-11-2-3-15-7-13(11)14/h2-3,7,9-10,16H,4-6,8H2,1H3. The summed E-state index contributed by atoms with van der Waals surface area (Å²) < 4.78 is 6.98. The van der Waals surface area contributed by atoms with Crippen molar-refractivity contribution >= 4 is 11.6 Å². The minimum atomic E-state index is 0.677. The van der Waals surface area contributed by atoms with Gasteiger partial charge in [0.2, 0.25) is 0 Å². The first-order valence-corrected chi connectivity index (χ1v) is 6.46. The van der Waals surface area contributed by atoms with Crippen molar-refractivity contribution in [2.24, 2.45) is 0 Å². The second kappa shape index (κ2) is 7.23. The van der Waals surface area contributed by atoms with E-state index in [-0.39, 0.29) is 0 Å². The van der Waals surface area contributed by atoms with Gasteiger partial charge in [-0.15, -0.1) is 0 Å². The van der Waals surface area contributed by atoms with Crippen LogP contribution in [0.15, 0.2) is 31.0 Å². The fourth-order valence-corrected chi connectivity index (χ4v) is 1.88. The number of nitrogens with zero attached hydrogens (tertiary/aromatic N) is 3. The minimum absolute atomic E-state index is 0.677. The summed E-state index contributed by atoms with van der Waals surface area (Å²) >= 11 is 6.08. The highest BCUT2D eigenvalue weighted by atomic mass is 35.5. The van der Waals surface area contributed by atoms with Crippen molar-refractivity contribution in [3.8, 4) is 0 Å². The second-order valence-corrected chi connectivity index (χ2v) is 4.58. The van der Waals surface area contributed by atoms with Gasteiger partial charge in [-0.05, 0) is 11.6 Å². The Morgan fingerprint density at radius 2 is 2.37 bits per heavy atom. The summed E-state index contributed by atoms with van der Waals surface area (Å²) in [6.07, 6.45) is 7.22. The molecule has 6 heteroatoms. The maximum absolute atomic E-state index is 6.08. The number of ether oxygens (including phenoxy) is 1. The molecule has 2 aromatic heterocycles. The van der Waals surface area contributed by atoms with Crippen molar-refractivity contribution in [2.75, 3.05) is 20.3 Å². The van der Waals surface area contributed by atoms with E-state index in [1.54, 1.807) is 19.5 Å². The molecule has 2 rings (SSSR count). The van der Waals surface area contributed by atoms with Crippen LogP contribution in [0.4, 0.5) is 0 Å². The van der Waals surface area contributed by atoms with Gasteiger partial charge in [0.25, 0.3) is 0 Å². The Bertz CT molecular complexity index is 515. The fourth-order valence-electron chi connectivity index (χ4n) is 1.70. The zero-order valence-corrected chi connectivity index (χ0v) is 11.6. The number of hydrogen-bond donors (Lipinski definition) is 1. The molecule has 0 bridgehead atoms. The highest BCUT2D eigenvalue weighted by Gasteiger charge is 2.02. The summed E-state index contributed by atoms with van der Waals surface area (Å²) in [5.41, 5.74) is 2.04. The monoisotopic (exact) mass is 280 g/mol. The van der Waals surface area contributed by atoms with Gasteiger partial charge in [-0.3, -0.25) is 4.98 Å². The zero-order valence-electron chi connectivity index (χ0n) is 10.8. The Labute approximate surface area is 117 Å². The summed E-state index contributed by atoms with van der Waals surface area (Å²) in [5, 5.41) is 3.93. The van der Waals surface area contributed by atoms with Crippen molar-refractivity contribution in [1.29, 1.82) is 0 Å². The molecule has 0 saturated carbocycles. The number of pyridine rings is 1. The third kappa shape index (κ3) is 4.31. The van der Waals surface area contributed by atoms with Crippen LogP contribution in [0, 0.1) is 0 Å². The molecule has 0 unspecified atom stereocenters. The van der Waals surface area contributed by atoms with Gasteiger partial charge in [0.1, 0.15) is 0 Å². The van der Waals surface area contributed by atoms with Gasteiger partial charge in [0.05, 0.1) is 30.2 Å². The average molecular weight is 281 g/mol. The second-order valence-electron chi connectivity index (χ2n) is 4.17. The van der Waals surface area contributed by atoms with Crippen LogP contribution in [-0.2, 0) is 17.8 Å². The lowest BCUT2D eigenvalue weighted by Crippen LogP contribution is -2.18. The van der Waals surface area contributed by atoms with Gasteiger partial charge < -0.3 is 14.6 Å². The number of aromatic nitrogens is 3. The molecular formula is C13H17ClN4O. The van der Waals surface area contributed by atoms with Gasteiger partial charge >= 0.3 is 0 Å². The number of halogens is 1. The molecule has 0 atom stereocenters. The van der Waals surface area contributed by atoms with Crippen molar-refractivity contribution in [3.05, 3.63) is 47.3 Å². The average Bonchev–Trinajstić information content (AvgIpc) is 2.85. The van der Waals surface area contributed by atoms with E-state index in [4.69, 9.17) is 16.3 Å². The topological polar surface area (TPSA) is 52.0 Å². The molecule has 5 nitrogen and oxygen atoms in total. The van der Waals surface area contributed by atoms with Crippen molar-refractivity contribution in [3.63, 3.8) is 0 Å². The number of imidazole rings is 1. The van der Waals surface area contributed by atoms with E-state index < -0.39 is 0 Å². The molecule has 0 aliphatic carbocycles. The lowest BCUT2D eigenvalue weighted by Gasteiger charge is -2.04. The van der Waals surface area contributed by atoms with Gasteiger partial charge in [-0.25, -0.2) is 4.98 Å². The molecule has 0 aliphatic heterocycles. The summed E-state index contributed by atoms with van der Waals surface area (Å²) in [6, 6.07) is 1.92. The van der Waals surface area contributed by atoms with Crippen LogP contribution in [0.5, 0.6) is 0 Å². The smallest absolute Gasteiger partial charge is 0.0953 e. The normalized spacial score (nSPS) is 10.8. The molecule has 0 radical (unpaired) electrons. The van der Waals surface area contributed by atoms with Gasteiger partial charge in [0.15, 0.2) is 0 Å². The first kappa shape index (κ1) is 14.0. The van der Waals surface area contributed by atoms with E-state index in [0.29, 0.717) is 18.2 Å². The van der Waals surface area contributed by atoms with E-state index in [2.05, 4.69) is 15.3 Å². The van der Waals surface area contributed by atoms with Crippen LogP contribution in [0.2, 0.25) is 5.02 Å². The number of hydrogen-bond acceptors (Lipinski definition) is 4. The van der Waals surface area contributed by atoms with Crippen molar-refractivity contribution < 1.29 is 4.74 Å². The molecule has 0 spiro atoms. The predicted octanol–water partition coefficient (Wildman–Crippen LogP) is 1.72. The zero-order chi connectivity index (χ0) is 13.5. The largest absolute Gasteiger partial charge is 0.383 e. The third-order valence-electron chi connectivity index (χ3n) is 2.69. The predicted molar refractivity (Wildman–Crippen MR) is 74.2 cm³/mol. The number of nitrogens with one attached hydrogen (secondary N) is 1. The van der Waals surface area contributed by atoms with Crippen LogP contribution in [-0.4, -0.2) is 34.8 Å². The number of rotatable bonds is 7. The van der Waals surface area contributed by atoms with Gasteiger partial charge in [-0.2, -0.15) is 0 Å². The maximum atomic E-state index is 6.08.